The number of hydrogen-bond acceptors (Lipinski definition) is 5. The predicted octanol–water partition coefficient (Wildman–Crippen LogP) is 6.29. The molecule has 1 saturated carbocycles. The van der Waals surface area contributed by atoms with Crippen molar-refractivity contribution < 1.29 is 27.1 Å². The number of halogens is 1. The van der Waals surface area contributed by atoms with Crippen LogP contribution in [0.3, 0.4) is 0 Å². The van der Waals surface area contributed by atoms with E-state index in [0.717, 1.165) is 30.0 Å². The Morgan fingerprint density at radius 1 is 0.844 bits per heavy atom. The first-order valence-electron chi connectivity index (χ1n) is 15.0. The van der Waals surface area contributed by atoms with Gasteiger partial charge in [-0.2, -0.15) is 0 Å². The molecule has 0 saturated heterocycles. The van der Waals surface area contributed by atoms with Crippen molar-refractivity contribution in [1.82, 2.24) is 10.2 Å². The van der Waals surface area contributed by atoms with Crippen LogP contribution >= 0.6 is 0 Å². The lowest BCUT2D eigenvalue weighted by atomic mass is 10.1. The molecular formula is C35H36FN3O5S. The van der Waals surface area contributed by atoms with E-state index in [2.05, 4.69) is 5.32 Å². The van der Waals surface area contributed by atoms with Crippen molar-refractivity contribution in [1.29, 1.82) is 0 Å². The van der Waals surface area contributed by atoms with Crippen LogP contribution < -0.4 is 14.4 Å². The monoisotopic (exact) mass is 629 g/mol. The molecule has 0 unspecified atom stereocenters. The lowest BCUT2D eigenvalue weighted by Crippen LogP contribution is -2.52. The highest BCUT2D eigenvalue weighted by atomic mass is 32.2. The number of carbonyl (C=O) groups excluding carboxylic acids is 2. The molecule has 234 valence electrons. The molecule has 8 nitrogen and oxygen atoms in total. The summed E-state index contributed by atoms with van der Waals surface area (Å²) in [4.78, 5) is 28.7. The molecule has 10 heteroatoms. The zero-order valence-corrected chi connectivity index (χ0v) is 25.8. The first-order chi connectivity index (χ1) is 21.7. The van der Waals surface area contributed by atoms with Crippen LogP contribution in [0, 0.1) is 5.82 Å². The smallest absolute Gasteiger partial charge is 0.264 e. The molecule has 1 atom stereocenters. The fraction of sp³-hybridized carbons (Fsp3) is 0.257. The van der Waals surface area contributed by atoms with Crippen LogP contribution in [0.15, 0.2) is 114 Å². The lowest BCUT2D eigenvalue weighted by Gasteiger charge is -2.32. The molecule has 0 bridgehead atoms. The number of amides is 2. The molecule has 1 aliphatic carbocycles. The van der Waals surface area contributed by atoms with Crippen molar-refractivity contribution >= 4 is 27.5 Å². The van der Waals surface area contributed by atoms with Crippen molar-refractivity contribution in [2.45, 2.75) is 56.1 Å². The van der Waals surface area contributed by atoms with Gasteiger partial charge in [0.2, 0.25) is 11.8 Å². The first-order valence-corrected chi connectivity index (χ1v) is 16.4. The van der Waals surface area contributed by atoms with Gasteiger partial charge < -0.3 is 15.0 Å². The molecule has 2 amide bonds. The number of benzene rings is 4. The molecule has 4 aromatic rings. The van der Waals surface area contributed by atoms with Crippen molar-refractivity contribution in [2.24, 2.45) is 0 Å². The van der Waals surface area contributed by atoms with Crippen LogP contribution in [0.4, 0.5) is 10.1 Å². The van der Waals surface area contributed by atoms with E-state index in [4.69, 9.17) is 4.74 Å². The Bertz CT molecular complexity index is 1700. The second-order valence-corrected chi connectivity index (χ2v) is 12.9. The second kappa shape index (κ2) is 14.4. The minimum atomic E-state index is -4.23. The van der Waals surface area contributed by atoms with Gasteiger partial charge >= 0.3 is 0 Å². The highest BCUT2D eigenvalue weighted by Gasteiger charge is 2.33. The molecule has 0 radical (unpaired) electrons. The summed E-state index contributed by atoms with van der Waals surface area (Å²) >= 11 is 0. The number of anilines is 1. The van der Waals surface area contributed by atoms with Crippen molar-refractivity contribution in [3.8, 4) is 11.5 Å². The summed E-state index contributed by atoms with van der Waals surface area (Å²) in [6, 6.07) is 28.4. The number of nitrogens with zero attached hydrogens (tertiary/aromatic N) is 2. The Hall–Kier alpha value is -4.70. The van der Waals surface area contributed by atoms with Gasteiger partial charge in [0, 0.05) is 18.2 Å². The van der Waals surface area contributed by atoms with E-state index >= 15 is 0 Å². The van der Waals surface area contributed by atoms with Crippen LogP contribution in [-0.4, -0.2) is 43.8 Å². The predicted molar refractivity (Wildman–Crippen MR) is 171 cm³/mol. The normalized spacial score (nSPS) is 14.0. The zero-order chi connectivity index (χ0) is 31.8. The van der Waals surface area contributed by atoms with Crippen LogP contribution in [0.2, 0.25) is 0 Å². The fourth-order valence-corrected chi connectivity index (χ4v) is 6.77. The summed E-state index contributed by atoms with van der Waals surface area (Å²) in [7, 11) is -4.23. The maximum absolute atomic E-state index is 14.8. The molecule has 0 spiro atoms. The van der Waals surface area contributed by atoms with Gasteiger partial charge in [0.1, 0.15) is 29.9 Å². The maximum Gasteiger partial charge on any atom is 0.264 e. The summed E-state index contributed by atoms with van der Waals surface area (Å²) in [5, 5.41) is 3.01. The van der Waals surface area contributed by atoms with Gasteiger partial charge in [0.15, 0.2) is 0 Å². The van der Waals surface area contributed by atoms with E-state index in [-0.39, 0.29) is 34.6 Å². The van der Waals surface area contributed by atoms with Crippen LogP contribution in [0.5, 0.6) is 11.5 Å². The summed E-state index contributed by atoms with van der Waals surface area (Å²) in [5.74, 6) is -0.459. The third-order valence-electron chi connectivity index (χ3n) is 7.88. The molecule has 0 aromatic heterocycles. The second-order valence-electron chi connectivity index (χ2n) is 11.0. The number of carbonyl (C=O) groups is 2. The van der Waals surface area contributed by atoms with E-state index in [0.29, 0.717) is 11.5 Å². The van der Waals surface area contributed by atoms with Crippen LogP contribution in [-0.2, 0) is 26.2 Å². The maximum atomic E-state index is 14.8. The molecule has 1 aliphatic rings. The number of nitrogens with one attached hydrogen (secondary N) is 1. The Morgan fingerprint density at radius 2 is 1.42 bits per heavy atom. The molecule has 1 fully saturated rings. The van der Waals surface area contributed by atoms with Gasteiger partial charge in [0.05, 0.1) is 10.6 Å². The van der Waals surface area contributed by atoms with E-state index in [1.165, 1.54) is 23.1 Å². The van der Waals surface area contributed by atoms with Crippen molar-refractivity contribution in [3.63, 3.8) is 0 Å². The van der Waals surface area contributed by atoms with E-state index in [9.17, 15) is 22.4 Å². The number of para-hydroxylation sites is 1. The number of ether oxygens (including phenoxy) is 1. The third-order valence-corrected chi connectivity index (χ3v) is 9.67. The average Bonchev–Trinajstić information content (AvgIpc) is 3.57. The quantitative estimate of drug-likeness (QED) is 0.199. The van der Waals surface area contributed by atoms with Gasteiger partial charge in [0.25, 0.3) is 10.0 Å². The van der Waals surface area contributed by atoms with Crippen molar-refractivity contribution in [2.75, 3.05) is 10.8 Å². The number of hydrogen-bond donors (Lipinski definition) is 1. The third kappa shape index (κ3) is 7.88. The zero-order valence-electron chi connectivity index (χ0n) is 25.0. The molecule has 1 N–H and O–H groups in total. The van der Waals surface area contributed by atoms with Gasteiger partial charge in [-0.1, -0.05) is 67.4 Å². The standard InChI is InChI=1S/C35H36FN3O5S/c1-26(35(41)37-28-13-9-10-14-28)38(24-27-12-8-11-19-33(27)36)34(40)25-39(45(42,43)32-17-6-3-7-18-32)29-20-22-31(23-21-29)44-30-15-4-2-5-16-30/h2-8,11-12,15-23,26,28H,9-10,13-14,24-25H2,1H3,(H,37,41)/t26-/m1/s1. The van der Waals surface area contributed by atoms with Gasteiger partial charge in [-0.05, 0) is 74.4 Å². The Morgan fingerprint density at radius 3 is 2.07 bits per heavy atom. The Balaban J connectivity index is 1.46. The highest BCUT2D eigenvalue weighted by molar-refractivity contribution is 7.92. The summed E-state index contributed by atoms with van der Waals surface area (Å²) in [5.41, 5.74) is 0.438. The largest absolute Gasteiger partial charge is 0.457 e. The lowest BCUT2D eigenvalue weighted by molar-refractivity contribution is -0.139. The number of sulfonamides is 1. The van der Waals surface area contributed by atoms with Crippen molar-refractivity contribution in [3.05, 3.63) is 121 Å². The molecule has 45 heavy (non-hydrogen) atoms. The van der Waals surface area contributed by atoms with Gasteiger partial charge in [-0.15, -0.1) is 0 Å². The highest BCUT2D eigenvalue weighted by Crippen LogP contribution is 2.29. The van der Waals surface area contributed by atoms with E-state index in [1.54, 1.807) is 79.7 Å². The first kappa shape index (κ1) is 31.7. The van der Waals surface area contributed by atoms with E-state index in [1.807, 2.05) is 18.2 Å². The number of rotatable bonds is 12. The molecular weight excluding hydrogens is 593 g/mol. The summed E-state index contributed by atoms with van der Waals surface area (Å²) in [6.07, 6.45) is 3.73. The fourth-order valence-electron chi connectivity index (χ4n) is 5.34. The minimum Gasteiger partial charge on any atom is -0.457 e. The Kier molecular flexibility index (Phi) is 10.1. The average molecular weight is 630 g/mol. The molecule has 4 aromatic carbocycles. The van der Waals surface area contributed by atoms with Crippen LogP contribution in [0.25, 0.3) is 0 Å². The van der Waals surface area contributed by atoms with Gasteiger partial charge in [-0.3, -0.25) is 13.9 Å². The molecule has 0 heterocycles. The topological polar surface area (TPSA) is 96.0 Å². The van der Waals surface area contributed by atoms with Gasteiger partial charge in [-0.25, -0.2) is 12.8 Å². The summed E-state index contributed by atoms with van der Waals surface area (Å²) in [6.45, 7) is 0.744. The molecule has 5 rings (SSSR count). The minimum absolute atomic E-state index is 0.00455. The molecule has 0 aliphatic heterocycles. The van der Waals surface area contributed by atoms with E-state index < -0.39 is 34.3 Å². The summed E-state index contributed by atoms with van der Waals surface area (Å²) < 4.78 is 49.7. The SMILES string of the molecule is C[C@H](C(=O)NC1CCCC1)N(Cc1ccccc1F)C(=O)CN(c1ccc(Oc2ccccc2)cc1)S(=O)(=O)c1ccccc1. The van der Waals surface area contributed by atoms with Crippen LogP contribution in [0.1, 0.15) is 38.2 Å². The Labute approximate surface area is 263 Å².